The monoisotopic (exact) mass is 340 g/mol. The third-order valence-corrected chi connectivity index (χ3v) is 4.63. The first-order chi connectivity index (χ1) is 12.0. The van der Waals surface area contributed by atoms with Gasteiger partial charge in [0.05, 0.1) is 6.61 Å². The van der Waals surface area contributed by atoms with Gasteiger partial charge in [0.1, 0.15) is 17.0 Å². The van der Waals surface area contributed by atoms with E-state index >= 15 is 0 Å². The van der Waals surface area contributed by atoms with Gasteiger partial charge in [-0.3, -0.25) is 0 Å². The molecule has 4 nitrogen and oxygen atoms in total. The molecule has 25 heavy (non-hydrogen) atoms. The molecule has 0 spiro atoms. The van der Waals surface area contributed by atoms with Crippen LogP contribution in [0.5, 0.6) is 0 Å². The lowest BCUT2D eigenvalue weighted by Crippen LogP contribution is -2.28. The Morgan fingerprint density at radius 2 is 2.00 bits per heavy atom. The van der Waals surface area contributed by atoms with Gasteiger partial charge in [0, 0.05) is 5.01 Å². The van der Waals surface area contributed by atoms with E-state index in [-0.39, 0.29) is 5.82 Å². The third-order valence-electron chi connectivity index (χ3n) is 4.63. The average molecular weight is 340 g/mol. The molecule has 0 saturated heterocycles. The molecule has 1 heterocycles. The smallest absolute Gasteiger partial charge is 0.336 e. The van der Waals surface area contributed by atoms with Crippen molar-refractivity contribution < 1.29 is 9.13 Å². The number of ether oxygens (including phenoxy) is 1. The van der Waals surface area contributed by atoms with Crippen molar-refractivity contribution in [2.45, 2.75) is 25.0 Å². The van der Waals surface area contributed by atoms with Crippen molar-refractivity contribution in [3.63, 3.8) is 0 Å². The van der Waals surface area contributed by atoms with Crippen LogP contribution in [0.4, 0.5) is 4.39 Å². The highest BCUT2D eigenvalue weighted by molar-refractivity contribution is 5.48. The summed E-state index contributed by atoms with van der Waals surface area (Å²) < 4.78 is 19.7. The van der Waals surface area contributed by atoms with E-state index < -0.39 is 5.60 Å². The van der Waals surface area contributed by atoms with Crippen molar-refractivity contribution in [1.82, 2.24) is 4.90 Å². The number of rotatable bonds is 5. The molecule has 1 aliphatic rings. The van der Waals surface area contributed by atoms with Crippen LogP contribution in [0, 0.1) is 17.1 Å². The van der Waals surface area contributed by atoms with Crippen LogP contribution in [0.25, 0.3) is 5.01 Å². The number of hydrogen-bond acceptors (Lipinski definition) is 3. The summed E-state index contributed by atoms with van der Waals surface area (Å²) >= 11 is 0. The number of halogens is 1. The topological polar surface area (TPSA) is 39.9 Å². The molecule has 0 radical (unpaired) electrons. The summed E-state index contributed by atoms with van der Waals surface area (Å²) in [5.41, 5.74) is 3.07. The zero-order valence-electron chi connectivity index (χ0n) is 14.5. The summed E-state index contributed by atoms with van der Waals surface area (Å²) in [7, 11) is 4.08. The SMILES string of the molecule is CN(C)CCCC1(c2ccc(F)cc2)OCc2cc(C#[N+][O-])ccc21. The molecule has 5 heteroatoms. The van der Waals surface area contributed by atoms with E-state index in [0.717, 1.165) is 36.1 Å². The van der Waals surface area contributed by atoms with E-state index in [2.05, 4.69) is 16.0 Å². The third kappa shape index (κ3) is 3.51. The van der Waals surface area contributed by atoms with E-state index in [1.165, 1.54) is 12.1 Å². The maximum atomic E-state index is 13.4. The Morgan fingerprint density at radius 3 is 2.68 bits per heavy atom. The van der Waals surface area contributed by atoms with Crippen LogP contribution in [-0.4, -0.2) is 25.5 Å². The molecule has 130 valence electrons. The van der Waals surface area contributed by atoms with Gasteiger partial charge in [0.2, 0.25) is 0 Å². The number of fused-ring (bicyclic) bond motifs is 1. The van der Waals surface area contributed by atoms with Crippen molar-refractivity contribution in [3.8, 4) is 6.07 Å². The van der Waals surface area contributed by atoms with Gasteiger partial charge >= 0.3 is 6.07 Å². The summed E-state index contributed by atoms with van der Waals surface area (Å²) in [6.07, 6.45) is 1.74. The highest BCUT2D eigenvalue weighted by atomic mass is 19.1. The van der Waals surface area contributed by atoms with Crippen LogP contribution >= 0.6 is 0 Å². The first-order valence-corrected chi connectivity index (χ1v) is 8.32. The summed E-state index contributed by atoms with van der Waals surface area (Å²) in [6.45, 7) is 1.39. The minimum absolute atomic E-state index is 0.262. The molecule has 2 aromatic carbocycles. The second-order valence-corrected chi connectivity index (χ2v) is 6.60. The fourth-order valence-electron chi connectivity index (χ4n) is 3.46. The quantitative estimate of drug-likeness (QED) is 0.769. The molecular formula is C20H21FN2O2. The van der Waals surface area contributed by atoms with Crippen LogP contribution in [0.1, 0.15) is 35.1 Å². The van der Waals surface area contributed by atoms with Crippen molar-refractivity contribution >= 4 is 0 Å². The normalized spacial score (nSPS) is 18.7. The zero-order valence-corrected chi connectivity index (χ0v) is 14.5. The molecular weight excluding hydrogens is 319 g/mol. The fourth-order valence-corrected chi connectivity index (χ4v) is 3.46. The van der Waals surface area contributed by atoms with Crippen LogP contribution in [-0.2, 0) is 16.9 Å². The molecule has 1 aliphatic heterocycles. The van der Waals surface area contributed by atoms with E-state index in [4.69, 9.17) is 4.74 Å². The minimum atomic E-state index is -0.591. The highest BCUT2D eigenvalue weighted by Gasteiger charge is 2.41. The van der Waals surface area contributed by atoms with Crippen LogP contribution in [0.3, 0.4) is 0 Å². The summed E-state index contributed by atoms with van der Waals surface area (Å²) in [5, 5.41) is 13.1. The van der Waals surface area contributed by atoms with Crippen LogP contribution in [0.15, 0.2) is 42.5 Å². The highest BCUT2D eigenvalue weighted by Crippen LogP contribution is 2.45. The fraction of sp³-hybridized carbons (Fsp3) is 0.350. The van der Waals surface area contributed by atoms with Gasteiger partial charge in [-0.15, -0.1) is 0 Å². The molecule has 0 aromatic heterocycles. The largest absolute Gasteiger partial charge is 0.498 e. The van der Waals surface area contributed by atoms with Gasteiger partial charge in [-0.1, -0.05) is 18.2 Å². The summed E-state index contributed by atoms with van der Waals surface area (Å²) in [4.78, 5) is 2.14. The molecule has 1 unspecified atom stereocenters. The Labute approximate surface area is 147 Å². The summed E-state index contributed by atoms with van der Waals surface area (Å²) in [5.74, 6) is -0.262. The molecule has 0 aliphatic carbocycles. The first-order valence-electron chi connectivity index (χ1n) is 8.32. The maximum absolute atomic E-state index is 13.4. The molecule has 0 fully saturated rings. The Morgan fingerprint density at radius 1 is 1.24 bits per heavy atom. The van der Waals surface area contributed by atoms with Crippen molar-refractivity contribution in [1.29, 1.82) is 0 Å². The van der Waals surface area contributed by atoms with Gasteiger partial charge in [-0.2, -0.15) is 0 Å². The molecule has 0 amide bonds. The average Bonchev–Trinajstić information content (AvgIpc) is 2.95. The van der Waals surface area contributed by atoms with Crippen LogP contribution < -0.4 is 0 Å². The Hall–Kier alpha value is -2.42. The molecule has 0 saturated carbocycles. The Kier molecular flexibility index (Phi) is 5.03. The van der Waals surface area contributed by atoms with Gasteiger partial charge in [-0.25, -0.2) is 4.39 Å². The predicted molar refractivity (Wildman–Crippen MR) is 95.9 cm³/mol. The predicted octanol–water partition coefficient (Wildman–Crippen LogP) is 4.12. The Balaban J connectivity index is 2.01. The van der Waals surface area contributed by atoms with Crippen molar-refractivity contribution in [2.24, 2.45) is 0 Å². The van der Waals surface area contributed by atoms with Crippen molar-refractivity contribution in [3.05, 3.63) is 80.8 Å². The van der Waals surface area contributed by atoms with Crippen molar-refractivity contribution in [2.75, 3.05) is 20.6 Å². The van der Waals surface area contributed by atoms with E-state index in [1.807, 2.05) is 32.3 Å². The Bertz CT molecular complexity index is 809. The molecule has 0 N–H and O–H groups in total. The minimum Gasteiger partial charge on any atom is -0.498 e. The van der Waals surface area contributed by atoms with Crippen LogP contribution in [0.2, 0.25) is 0 Å². The van der Waals surface area contributed by atoms with Gasteiger partial charge < -0.3 is 14.8 Å². The summed E-state index contributed by atoms with van der Waals surface area (Å²) in [6, 6.07) is 14.6. The molecule has 3 rings (SSSR count). The lowest BCUT2D eigenvalue weighted by molar-refractivity contribution is -0.0140. The zero-order chi connectivity index (χ0) is 17.9. The molecule has 0 bridgehead atoms. The van der Waals surface area contributed by atoms with Gasteiger partial charge in [-0.05, 0) is 74.4 Å². The lowest BCUT2D eigenvalue weighted by Gasteiger charge is -2.31. The number of nitrogens with zero attached hydrogens (tertiary/aromatic N) is 2. The standard InChI is InChI=1S/C20H21FN2O2/c1-23(2)11-3-10-20(17-5-7-18(21)8-6-17)19-9-4-15(13-22-24)12-16(19)14-25-20/h4-9,12H,3,10-11,14H2,1-2H3. The molecule has 2 aromatic rings. The number of hydrogen-bond donors (Lipinski definition) is 0. The van der Waals surface area contributed by atoms with Gasteiger partial charge in [0.15, 0.2) is 0 Å². The lowest BCUT2D eigenvalue weighted by atomic mass is 9.81. The maximum Gasteiger partial charge on any atom is 0.336 e. The second-order valence-electron chi connectivity index (χ2n) is 6.60. The van der Waals surface area contributed by atoms with Gasteiger partial charge in [0.25, 0.3) is 0 Å². The molecule has 1 atom stereocenters. The van der Waals surface area contributed by atoms with E-state index in [9.17, 15) is 9.60 Å². The first kappa shape index (κ1) is 17.4. The second kappa shape index (κ2) is 7.22. The number of benzene rings is 2. The van der Waals surface area contributed by atoms with E-state index in [0.29, 0.717) is 12.2 Å². The van der Waals surface area contributed by atoms with E-state index in [1.54, 1.807) is 12.1 Å².